The van der Waals surface area contributed by atoms with Crippen molar-refractivity contribution in [2.75, 3.05) is 6.26 Å². The lowest BCUT2D eigenvalue weighted by Gasteiger charge is -2.17. The first-order valence-electron chi connectivity index (χ1n) is 7.55. The smallest absolute Gasteiger partial charge is 0.137 e. The number of nitrogens with one attached hydrogen (secondary N) is 2. The van der Waals surface area contributed by atoms with E-state index in [0.717, 1.165) is 28.7 Å². The topological polar surface area (TPSA) is 60.9 Å². The number of aliphatic hydroxyl groups is 1. The molecule has 2 unspecified atom stereocenters. The Morgan fingerprint density at radius 1 is 1.55 bits per heavy atom. The van der Waals surface area contributed by atoms with Crippen LogP contribution in [0.3, 0.4) is 0 Å². The summed E-state index contributed by atoms with van der Waals surface area (Å²) in [5.74, 6) is 0.318. The molecule has 1 aliphatic carbocycles. The fraction of sp³-hybridized carbons (Fsp3) is 0.353. The third kappa shape index (κ3) is 2.91. The highest BCUT2D eigenvalue weighted by Crippen LogP contribution is 2.31. The van der Waals surface area contributed by atoms with E-state index in [2.05, 4.69) is 39.0 Å². The monoisotopic (exact) mass is 315 g/mol. The zero-order valence-corrected chi connectivity index (χ0v) is 13.7. The van der Waals surface area contributed by atoms with Gasteiger partial charge < -0.3 is 14.8 Å². The van der Waals surface area contributed by atoms with Gasteiger partial charge in [-0.25, -0.2) is 4.98 Å². The number of H-pyrrole nitrogens is 1. The maximum Gasteiger partial charge on any atom is 0.137 e. The number of pyridine rings is 1. The van der Waals surface area contributed by atoms with Crippen LogP contribution in [0.5, 0.6) is 0 Å². The van der Waals surface area contributed by atoms with Crippen LogP contribution in [0.1, 0.15) is 42.9 Å². The van der Waals surface area contributed by atoms with Gasteiger partial charge in [-0.05, 0) is 30.5 Å². The highest BCUT2D eigenvalue weighted by atomic mass is 32.2. The summed E-state index contributed by atoms with van der Waals surface area (Å²) in [4.78, 5) is 7.67. The molecule has 5 heteroatoms. The summed E-state index contributed by atoms with van der Waals surface area (Å²) in [5.41, 5.74) is 4.09. The number of fused-ring (bicyclic) bond motifs is 1. The van der Waals surface area contributed by atoms with Crippen molar-refractivity contribution in [2.24, 2.45) is 0 Å². The Morgan fingerprint density at radius 3 is 3.18 bits per heavy atom. The molecule has 3 N–H and O–H groups in total. The van der Waals surface area contributed by atoms with Gasteiger partial charge in [-0.2, -0.15) is 0 Å². The predicted molar refractivity (Wildman–Crippen MR) is 92.6 cm³/mol. The number of allylic oxidation sites excluding steroid dienone is 3. The summed E-state index contributed by atoms with van der Waals surface area (Å²) in [6.07, 6.45) is 13.6. The van der Waals surface area contributed by atoms with Crippen LogP contribution >= 0.6 is 11.9 Å². The molecule has 0 spiro atoms. The molecule has 0 saturated heterocycles. The summed E-state index contributed by atoms with van der Waals surface area (Å²) < 4.78 is 3.28. The van der Waals surface area contributed by atoms with Gasteiger partial charge in [-0.15, -0.1) is 0 Å². The van der Waals surface area contributed by atoms with Crippen LogP contribution in [0.2, 0.25) is 0 Å². The second-order valence-corrected chi connectivity index (χ2v) is 6.12. The van der Waals surface area contributed by atoms with Gasteiger partial charge in [-0.3, -0.25) is 0 Å². The van der Waals surface area contributed by atoms with Gasteiger partial charge in [0, 0.05) is 41.2 Å². The first-order valence-corrected chi connectivity index (χ1v) is 8.77. The lowest BCUT2D eigenvalue weighted by atomic mass is 9.92. The minimum atomic E-state index is -0.443. The van der Waals surface area contributed by atoms with Gasteiger partial charge in [0.05, 0.1) is 6.10 Å². The lowest BCUT2D eigenvalue weighted by molar-refractivity contribution is 0.175. The van der Waals surface area contributed by atoms with Gasteiger partial charge in [-0.1, -0.05) is 31.0 Å². The average Bonchev–Trinajstić information content (AvgIpc) is 2.98. The van der Waals surface area contributed by atoms with Crippen LogP contribution in [-0.4, -0.2) is 21.3 Å². The molecule has 1 aliphatic rings. The minimum Gasteiger partial charge on any atom is -0.388 e. The normalized spacial score (nSPS) is 19.2. The van der Waals surface area contributed by atoms with Crippen molar-refractivity contribution in [3.05, 3.63) is 53.5 Å². The van der Waals surface area contributed by atoms with Crippen molar-refractivity contribution >= 4 is 23.0 Å². The molecule has 116 valence electrons. The van der Waals surface area contributed by atoms with E-state index in [0.29, 0.717) is 12.3 Å². The molecule has 0 saturated carbocycles. The van der Waals surface area contributed by atoms with Crippen LogP contribution in [0.15, 0.2) is 42.4 Å². The summed E-state index contributed by atoms with van der Waals surface area (Å²) in [6.45, 7) is 1.98. The number of rotatable bonds is 5. The quantitative estimate of drug-likeness (QED) is 0.735. The molecule has 3 rings (SSSR count). The fourth-order valence-electron chi connectivity index (χ4n) is 2.84. The standard InChI is InChI=1S/C17H21N3OS/c1-3-16(21)15-10-19-17-14(15)8-12(9-18-17)11-5-4-6-13(7-11)20-22-2/h4,6-11,16,20-21H,3,5H2,1-2H3,(H,18,19). The Balaban J connectivity index is 1.96. The Morgan fingerprint density at radius 2 is 2.41 bits per heavy atom. The average molecular weight is 315 g/mol. The number of aliphatic hydroxyl groups excluding tert-OH is 1. The Bertz CT molecular complexity index is 720. The number of hydrogen-bond acceptors (Lipinski definition) is 4. The van der Waals surface area contributed by atoms with Gasteiger partial charge >= 0.3 is 0 Å². The molecular weight excluding hydrogens is 294 g/mol. The second-order valence-electron chi connectivity index (χ2n) is 5.51. The summed E-state index contributed by atoms with van der Waals surface area (Å²) in [6, 6.07) is 2.16. The van der Waals surface area contributed by atoms with E-state index in [-0.39, 0.29) is 0 Å². The van der Waals surface area contributed by atoms with Crippen molar-refractivity contribution < 1.29 is 5.11 Å². The zero-order chi connectivity index (χ0) is 15.5. The maximum atomic E-state index is 10.1. The fourth-order valence-corrected chi connectivity index (χ4v) is 3.21. The van der Waals surface area contributed by atoms with Crippen LogP contribution in [0.4, 0.5) is 0 Å². The van der Waals surface area contributed by atoms with Crippen LogP contribution < -0.4 is 4.72 Å². The van der Waals surface area contributed by atoms with Gasteiger partial charge in [0.1, 0.15) is 5.65 Å². The molecule has 22 heavy (non-hydrogen) atoms. The van der Waals surface area contributed by atoms with Crippen molar-refractivity contribution in [3.63, 3.8) is 0 Å². The highest BCUT2D eigenvalue weighted by Gasteiger charge is 2.16. The molecular formula is C17H21N3OS. The van der Waals surface area contributed by atoms with Crippen molar-refractivity contribution in [3.8, 4) is 0 Å². The van der Waals surface area contributed by atoms with Gasteiger partial charge in [0.2, 0.25) is 0 Å². The number of aromatic amines is 1. The molecule has 4 nitrogen and oxygen atoms in total. The zero-order valence-electron chi connectivity index (χ0n) is 12.8. The van der Waals surface area contributed by atoms with E-state index < -0.39 is 6.10 Å². The molecule has 2 heterocycles. The predicted octanol–water partition coefficient (Wildman–Crippen LogP) is 3.80. The number of hydrogen-bond donors (Lipinski definition) is 3. The first-order chi connectivity index (χ1) is 10.7. The molecule has 2 atom stereocenters. The van der Waals surface area contributed by atoms with E-state index in [1.54, 1.807) is 11.9 Å². The van der Waals surface area contributed by atoms with Crippen LogP contribution in [0, 0.1) is 0 Å². The van der Waals surface area contributed by atoms with Crippen LogP contribution in [0.25, 0.3) is 11.0 Å². The third-order valence-corrected chi connectivity index (χ3v) is 4.49. The first kappa shape index (κ1) is 15.2. The molecule has 0 aliphatic heterocycles. The third-order valence-electron chi connectivity index (χ3n) is 4.05. The maximum absolute atomic E-state index is 10.1. The highest BCUT2D eigenvalue weighted by molar-refractivity contribution is 7.96. The van der Waals surface area contributed by atoms with Crippen molar-refractivity contribution in [2.45, 2.75) is 31.8 Å². The Hall–Kier alpha value is -1.72. The van der Waals surface area contributed by atoms with E-state index in [1.165, 1.54) is 5.56 Å². The summed E-state index contributed by atoms with van der Waals surface area (Å²) in [7, 11) is 0. The summed E-state index contributed by atoms with van der Waals surface area (Å²) in [5, 5.41) is 11.2. The minimum absolute atomic E-state index is 0.318. The molecule has 2 aromatic heterocycles. The molecule has 0 fully saturated rings. The number of nitrogens with zero attached hydrogens (tertiary/aromatic N) is 1. The Labute approximate surface area is 134 Å². The lowest BCUT2D eigenvalue weighted by Crippen LogP contribution is -2.07. The van der Waals surface area contributed by atoms with E-state index in [1.807, 2.05) is 25.6 Å². The van der Waals surface area contributed by atoms with Gasteiger partial charge in [0.15, 0.2) is 0 Å². The molecule has 0 radical (unpaired) electrons. The molecule has 0 amide bonds. The largest absolute Gasteiger partial charge is 0.388 e. The second kappa shape index (κ2) is 6.58. The van der Waals surface area contributed by atoms with E-state index in [4.69, 9.17) is 0 Å². The molecule has 0 aromatic carbocycles. The van der Waals surface area contributed by atoms with Gasteiger partial charge in [0.25, 0.3) is 0 Å². The van der Waals surface area contributed by atoms with Crippen molar-refractivity contribution in [1.29, 1.82) is 0 Å². The molecule has 0 bridgehead atoms. The summed E-state index contributed by atoms with van der Waals surface area (Å²) >= 11 is 1.60. The van der Waals surface area contributed by atoms with E-state index >= 15 is 0 Å². The van der Waals surface area contributed by atoms with Crippen molar-refractivity contribution in [1.82, 2.24) is 14.7 Å². The van der Waals surface area contributed by atoms with Crippen LogP contribution in [-0.2, 0) is 0 Å². The Kier molecular flexibility index (Phi) is 4.55. The number of aromatic nitrogens is 2. The SMILES string of the molecule is CCC(O)c1c[nH]c2ncc(C3C=C(NSC)C=CC3)cc12. The molecule has 2 aromatic rings. The van der Waals surface area contributed by atoms with E-state index in [9.17, 15) is 5.11 Å².